The van der Waals surface area contributed by atoms with Crippen molar-refractivity contribution >= 4 is 0 Å². The molecule has 3 aromatic carbocycles. The predicted octanol–water partition coefficient (Wildman–Crippen LogP) is 5.57. The van der Waals surface area contributed by atoms with E-state index < -0.39 is 5.79 Å². The van der Waals surface area contributed by atoms with Gasteiger partial charge in [-0.2, -0.15) is 0 Å². The maximum Gasteiger partial charge on any atom is 0.186 e. The molecule has 4 rings (SSSR count). The van der Waals surface area contributed by atoms with Crippen molar-refractivity contribution in [2.45, 2.75) is 51.2 Å². The summed E-state index contributed by atoms with van der Waals surface area (Å²) in [5.74, 6) is 0.164. The molecule has 0 unspecified atom stereocenters. The first-order chi connectivity index (χ1) is 17.2. The van der Waals surface area contributed by atoms with Gasteiger partial charge in [0.05, 0.1) is 13.2 Å². The van der Waals surface area contributed by atoms with Crippen LogP contribution in [-0.4, -0.2) is 43.6 Å². The van der Waals surface area contributed by atoms with Gasteiger partial charge in [-0.25, -0.2) is 0 Å². The number of piperidine rings is 1. The number of para-hydroxylation sites is 1. The standard InChI is InChI=1S/C30H38N2O3/c1-4-34-30(35-5-2)20-27(25-16-10-7-11-17-25)32(22-24-14-8-6-9-15-24)23-29(30)31-21-26-18-12-13-19-28(26)33-3/h6-19,27,29,31H,4-5,20-23H2,1-3H3/t27-,29+/m0/s1. The number of hydrogen-bond acceptors (Lipinski definition) is 5. The van der Waals surface area contributed by atoms with Crippen molar-refractivity contribution in [2.24, 2.45) is 0 Å². The van der Waals surface area contributed by atoms with Crippen LogP contribution in [0.1, 0.15) is 43.0 Å². The molecule has 3 aromatic rings. The summed E-state index contributed by atoms with van der Waals surface area (Å²) in [6.45, 7) is 7.61. The molecule has 5 heteroatoms. The van der Waals surface area contributed by atoms with E-state index in [1.807, 2.05) is 32.0 Å². The van der Waals surface area contributed by atoms with E-state index in [0.717, 1.165) is 30.8 Å². The second-order valence-electron chi connectivity index (χ2n) is 8.97. The summed E-state index contributed by atoms with van der Waals surface area (Å²) in [5, 5.41) is 3.79. The molecule has 0 aliphatic carbocycles. The molecule has 0 aromatic heterocycles. The highest BCUT2D eigenvalue weighted by atomic mass is 16.7. The van der Waals surface area contributed by atoms with E-state index >= 15 is 0 Å². The second kappa shape index (κ2) is 12.3. The lowest BCUT2D eigenvalue weighted by Gasteiger charge is -2.51. The number of benzene rings is 3. The number of likely N-dealkylation sites (tertiary alicyclic amines) is 1. The average Bonchev–Trinajstić information content (AvgIpc) is 2.90. The van der Waals surface area contributed by atoms with Crippen molar-refractivity contribution in [1.82, 2.24) is 10.2 Å². The molecule has 1 aliphatic heterocycles. The summed E-state index contributed by atoms with van der Waals surface area (Å²) >= 11 is 0. The largest absolute Gasteiger partial charge is 0.496 e. The molecular weight excluding hydrogens is 436 g/mol. The minimum absolute atomic E-state index is 0.0176. The summed E-state index contributed by atoms with van der Waals surface area (Å²) in [5.41, 5.74) is 3.71. The molecule has 5 nitrogen and oxygen atoms in total. The second-order valence-corrected chi connectivity index (χ2v) is 8.97. The minimum atomic E-state index is -0.723. The topological polar surface area (TPSA) is 43.0 Å². The zero-order chi connectivity index (χ0) is 24.5. The van der Waals surface area contributed by atoms with Crippen LogP contribution in [0.5, 0.6) is 5.75 Å². The quantitative estimate of drug-likeness (QED) is 0.368. The van der Waals surface area contributed by atoms with Crippen LogP contribution in [-0.2, 0) is 22.6 Å². The Hall–Kier alpha value is -2.70. The summed E-state index contributed by atoms with van der Waals surface area (Å²) in [6, 6.07) is 29.7. The number of methoxy groups -OCH3 is 1. The fourth-order valence-corrected chi connectivity index (χ4v) is 5.19. The third-order valence-electron chi connectivity index (χ3n) is 6.79. The van der Waals surface area contributed by atoms with E-state index in [9.17, 15) is 0 Å². The molecule has 0 amide bonds. The Morgan fingerprint density at radius 3 is 2.14 bits per heavy atom. The van der Waals surface area contributed by atoms with E-state index in [0.29, 0.717) is 19.8 Å². The molecule has 1 N–H and O–H groups in total. The smallest absolute Gasteiger partial charge is 0.186 e. The number of ether oxygens (including phenoxy) is 3. The summed E-state index contributed by atoms with van der Waals surface area (Å²) in [7, 11) is 1.72. The molecule has 0 saturated carbocycles. The highest BCUT2D eigenvalue weighted by molar-refractivity contribution is 5.33. The number of rotatable bonds is 11. The van der Waals surface area contributed by atoms with Gasteiger partial charge in [-0.3, -0.25) is 4.90 Å². The van der Waals surface area contributed by atoms with Gasteiger partial charge in [0.1, 0.15) is 5.75 Å². The van der Waals surface area contributed by atoms with E-state index in [4.69, 9.17) is 14.2 Å². The van der Waals surface area contributed by atoms with Crippen LogP contribution in [0.2, 0.25) is 0 Å². The molecule has 2 atom stereocenters. The van der Waals surface area contributed by atoms with Crippen LogP contribution >= 0.6 is 0 Å². The predicted molar refractivity (Wildman–Crippen MR) is 140 cm³/mol. The van der Waals surface area contributed by atoms with Crippen LogP contribution in [0, 0.1) is 0 Å². The monoisotopic (exact) mass is 474 g/mol. The van der Waals surface area contributed by atoms with E-state index in [-0.39, 0.29) is 12.1 Å². The number of nitrogens with zero attached hydrogens (tertiary/aromatic N) is 1. The van der Waals surface area contributed by atoms with Gasteiger partial charge in [0.2, 0.25) is 0 Å². The molecule has 1 aliphatic rings. The van der Waals surface area contributed by atoms with Gasteiger partial charge < -0.3 is 19.5 Å². The van der Waals surface area contributed by atoms with Crippen molar-refractivity contribution < 1.29 is 14.2 Å². The van der Waals surface area contributed by atoms with Crippen molar-refractivity contribution in [2.75, 3.05) is 26.9 Å². The van der Waals surface area contributed by atoms with Gasteiger partial charge in [-0.15, -0.1) is 0 Å². The van der Waals surface area contributed by atoms with Gasteiger partial charge in [0, 0.05) is 50.9 Å². The highest BCUT2D eigenvalue weighted by Gasteiger charge is 2.49. The molecule has 186 valence electrons. The maximum atomic E-state index is 6.48. The van der Waals surface area contributed by atoms with Crippen LogP contribution in [0.25, 0.3) is 0 Å². The zero-order valence-electron chi connectivity index (χ0n) is 21.2. The SMILES string of the molecule is CCOC1(OCC)C[C@@H](c2ccccc2)N(Cc2ccccc2)C[C@H]1NCc1ccccc1OC. The van der Waals surface area contributed by atoms with Crippen molar-refractivity contribution in [3.05, 3.63) is 102 Å². The first-order valence-electron chi connectivity index (χ1n) is 12.6. The summed E-state index contributed by atoms with van der Waals surface area (Å²) < 4.78 is 18.5. The third kappa shape index (κ3) is 6.11. The Kier molecular flexibility index (Phi) is 8.94. The first kappa shape index (κ1) is 25.4. The van der Waals surface area contributed by atoms with Crippen molar-refractivity contribution in [3.63, 3.8) is 0 Å². The Balaban J connectivity index is 1.66. The molecule has 0 spiro atoms. The minimum Gasteiger partial charge on any atom is -0.496 e. The molecule has 1 fully saturated rings. The van der Waals surface area contributed by atoms with Gasteiger partial charge in [-0.05, 0) is 31.0 Å². The first-order valence-corrected chi connectivity index (χ1v) is 12.6. The molecular formula is C30H38N2O3. The summed E-state index contributed by atoms with van der Waals surface area (Å²) in [4.78, 5) is 2.56. The Bertz CT molecular complexity index is 1020. The Labute approximate surface area is 210 Å². The van der Waals surface area contributed by atoms with Crippen molar-refractivity contribution in [3.8, 4) is 5.75 Å². The maximum absolute atomic E-state index is 6.48. The third-order valence-corrected chi connectivity index (χ3v) is 6.79. The highest BCUT2D eigenvalue weighted by Crippen LogP contribution is 2.41. The fraction of sp³-hybridized carbons (Fsp3) is 0.400. The van der Waals surface area contributed by atoms with Crippen LogP contribution in [0.4, 0.5) is 0 Å². The van der Waals surface area contributed by atoms with Crippen LogP contribution < -0.4 is 10.1 Å². The van der Waals surface area contributed by atoms with E-state index in [2.05, 4.69) is 76.9 Å². The average molecular weight is 475 g/mol. The van der Waals surface area contributed by atoms with Crippen LogP contribution in [0.3, 0.4) is 0 Å². The van der Waals surface area contributed by atoms with Gasteiger partial charge >= 0.3 is 0 Å². The Morgan fingerprint density at radius 2 is 1.49 bits per heavy atom. The lowest BCUT2D eigenvalue weighted by atomic mass is 9.86. The van der Waals surface area contributed by atoms with Gasteiger partial charge in [-0.1, -0.05) is 78.9 Å². The van der Waals surface area contributed by atoms with E-state index in [1.165, 1.54) is 11.1 Å². The molecule has 1 heterocycles. The lowest BCUT2D eigenvalue weighted by molar-refractivity contribution is -0.277. The van der Waals surface area contributed by atoms with Crippen LogP contribution in [0.15, 0.2) is 84.9 Å². The molecule has 35 heavy (non-hydrogen) atoms. The van der Waals surface area contributed by atoms with E-state index in [1.54, 1.807) is 7.11 Å². The lowest BCUT2D eigenvalue weighted by Crippen LogP contribution is -2.64. The van der Waals surface area contributed by atoms with Gasteiger partial charge in [0.25, 0.3) is 0 Å². The van der Waals surface area contributed by atoms with Crippen molar-refractivity contribution in [1.29, 1.82) is 0 Å². The molecule has 0 bridgehead atoms. The Morgan fingerprint density at radius 1 is 0.857 bits per heavy atom. The zero-order valence-corrected chi connectivity index (χ0v) is 21.2. The number of nitrogens with one attached hydrogen (secondary N) is 1. The fourth-order valence-electron chi connectivity index (χ4n) is 5.19. The molecule has 0 radical (unpaired) electrons. The molecule has 1 saturated heterocycles. The van der Waals surface area contributed by atoms with Gasteiger partial charge in [0.15, 0.2) is 5.79 Å². The normalized spacial score (nSPS) is 20.0. The number of hydrogen-bond donors (Lipinski definition) is 1. The summed E-state index contributed by atoms with van der Waals surface area (Å²) in [6.07, 6.45) is 0.745.